The maximum Gasteiger partial charge on any atom is -0.0232 e. The molecule has 0 saturated heterocycles. The Labute approximate surface area is 43.9 Å². The van der Waals surface area contributed by atoms with Crippen molar-refractivity contribution in [3.8, 4) is 0 Å². The average Bonchev–Trinajstić information content (AvgIpc) is 1.68. The molecule has 36 valence electrons. The van der Waals surface area contributed by atoms with E-state index in [-0.39, 0.29) is 0 Å². The molecule has 0 bridgehead atoms. The Bertz CT molecular complexity index is 159. The van der Waals surface area contributed by atoms with E-state index in [0.717, 1.165) is 11.1 Å². The summed E-state index contributed by atoms with van der Waals surface area (Å²) in [7, 11) is 0. The van der Waals surface area contributed by atoms with E-state index < -0.39 is 0 Å². The van der Waals surface area contributed by atoms with Crippen molar-refractivity contribution in [1.29, 1.82) is 0 Å². The largest absolute Gasteiger partial charge is 0.0912 e. The highest BCUT2D eigenvalue weighted by Crippen LogP contribution is 2.27. The summed E-state index contributed by atoms with van der Waals surface area (Å²) >= 11 is 0. The molecular formula is C7H8. The van der Waals surface area contributed by atoms with Gasteiger partial charge in [-0.3, -0.25) is 0 Å². The number of rotatable bonds is 0. The van der Waals surface area contributed by atoms with Crippen molar-refractivity contribution in [2.24, 2.45) is 0 Å². The predicted octanol–water partition coefficient (Wildman–Crippen LogP) is 2.06. The summed E-state index contributed by atoms with van der Waals surface area (Å²) in [5.74, 6) is 0. The van der Waals surface area contributed by atoms with Crippen LogP contribution in [-0.2, 0) is 0 Å². The van der Waals surface area contributed by atoms with Gasteiger partial charge in [0.15, 0.2) is 0 Å². The fourth-order valence-corrected chi connectivity index (χ4v) is 0.611. The van der Waals surface area contributed by atoms with E-state index in [1.54, 1.807) is 0 Å². The SMILES string of the molecule is C=C1C=C(C)C1=C. The summed E-state index contributed by atoms with van der Waals surface area (Å²) in [6.45, 7) is 9.51. The molecule has 0 unspecified atom stereocenters. The van der Waals surface area contributed by atoms with Gasteiger partial charge < -0.3 is 0 Å². The van der Waals surface area contributed by atoms with Crippen LogP contribution in [0.4, 0.5) is 0 Å². The monoisotopic (exact) mass is 92.1 g/mol. The van der Waals surface area contributed by atoms with Gasteiger partial charge in [-0.2, -0.15) is 0 Å². The van der Waals surface area contributed by atoms with Crippen LogP contribution in [-0.4, -0.2) is 0 Å². The molecule has 0 aliphatic heterocycles. The molecule has 1 aliphatic rings. The van der Waals surface area contributed by atoms with Crippen molar-refractivity contribution in [2.45, 2.75) is 6.92 Å². The Morgan fingerprint density at radius 3 is 2.00 bits per heavy atom. The quantitative estimate of drug-likeness (QED) is 0.429. The first-order valence-electron chi connectivity index (χ1n) is 2.28. The summed E-state index contributed by atoms with van der Waals surface area (Å²) in [6, 6.07) is 0. The van der Waals surface area contributed by atoms with E-state index in [4.69, 9.17) is 0 Å². The third-order valence-electron chi connectivity index (χ3n) is 1.25. The Balaban J connectivity index is 2.96. The molecule has 0 fully saturated rings. The second-order valence-corrected chi connectivity index (χ2v) is 1.83. The smallest absolute Gasteiger partial charge is 0.0232 e. The second-order valence-electron chi connectivity index (χ2n) is 1.83. The van der Waals surface area contributed by atoms with Crippen molar-refractivity contribution in [3.63, 3.8) is 0 Å². The molecule has 1 aliphatic carbocycles. The van der Waals surface area contributed by atoms with Gasteiger partial charge in [-0.05, 0) is 23.6 Å². The van der Waals surface area contributed by atoms with Gasteiger partial charge in [-0.15, -0.1) is 0 Å². The van der Waals surface area contributed by atoms with Crippen LogP contribution in [0.15, 0.2) is 36.0 Å². The normalized spacial score (nSPS) is 18.7. The van der Waals surface area contributed by atoms with Gasteiger partial charge in [0.1, 0.15) is 0 Å². The van der Waals surface area contributed by atoms with E-state index in [9.17, 15) is 0 Å². The van der Waals surface area contributed by atoms with Crippen LogP contribution in [0.3, 0.4) is 0 Å². The van der Waals surface area contributed by atoms with Crippen molar-refractivity contribution in [3.05, 3.63) is 36.0 Å². The van der Waals surface area contributed by atoms with E-state index in [0.29, 0.717) is 0 Å². The highest BCUT2D eigenvalue weighted by Gasteiger charge is 2.08. The van der Waals surface area contributed by atoms with Gasteiger partial charge >= 0.3 is 0 Å². The lowest BCUT2D eigenvalue weighted by atomic mass is 9.90. The topological polar surface area (TPSA) is 0 Å². The van der Waals surface area contributed by atoms with Gasteiger partial charge in [0.05, 0.1) is 0 Å². The zero-order chi connectivity index (χ0) is 5.44. The summed E-state index contributed by atoms with van der Waals surface area (Å²) in [4.78, 5) is 0. The van der Waals surface area contributed by atoms with Crippen LogP contribution in [0, 0.1) is 0 Å². The molecule has 0 radical (unpaired) electrons. The summed E-state index contributed by atoms with van der Waals surface area (Å²) in [6.07, 6.45) is 2.03. The van der Waals surface area contributed by atoms with E-state index in [1.807, 2.05) is 13.0 Å². The van der Waals surface area contributed by atoms with Gasteiger partial charge in [0.2, 0.25) is 0 Å². The zero-order valence-corrected chi connectivity index (χ0v) is 4.49. The maximum absolute atomic E-state index is 3.75. The Kier molecular flexibility index (Phi) is 0.684. The van der Waals surface area contributed by atoms with Gasteiger partial charge in [-0.25, -0.2) is 0 Å². The summed E-state index contributed by atoms with van der Waals surface area (Å²) in [5.41, 5.74) is 3.46. The Morgan fingerprint density at radius 1 is 1.43 bits per heavy atom. The standard InChI is InChI=1S/C7H8/c1-5-4-6(2)7(5)3/h4H,1,3H2,2H3. The molecule has 0 N–H and O–H groups in total. The molecule has 1 rings (SSSR count). The third-order valence-corrected chi connectivity index (χ3v) is 1.25. The van der Waals surface area contributed by atoms with Crippen LogP contribution in [0.25, 0.3) is 0 Å². The molecule has 0 aromatic heterocycles. The van der Waals surface area contributed by atoms with E-state index >= 15 is 0 Å². The van der Waals surface area contributed by atoms with Crippen LogP contribution < -0.4 is 0 Å². The van der Waals surface area contributed by atoms with Crippen LogP contribution >= 0.6 is 0 Å². The van der Waals surface area contributed by atoms with Crippen molar-refractivity contribution in [2.75, 3.05) is 0 Å². The molecule has 7 heavy (non-hydrogen) atoms. The van der Waals surface area contributed by atoms with Crippen molar-refractivity contribution >= 4 is 0 Å². The third kappa shape index (κ3) is 0.430. The molecule has 0 aromatic carbocycles. The molecule has 0 amide bonds. The summed E-state index contributed by atoms with van der Waals surface area (Å²) in [5, 5.41) is 0. The first-order chi connectivity index (χ1) is 3.22. The lowest BCUT2D eigenvalue weighted by Gasteiger charge is -2.15. The van der Waals surface area contributed by atoms with Crippen LogP contribution in [0.1, 0.15) is 6.92 Å². The first-order valence-corrected chi connectivity index (χ1v) is 2.28. The molecule has 0 heterocycles. The van der Waals surface area contributed by atoms with Crippen molar-refractivity contribution < 1.29 is 0 Å². The molecule has 0 saturated carbocycles. The van der Waals surface area contributed by atoms with Crippen LogP contribution in [0.5, 0.6) is 0 Å². The minimum atomic E-state index is 1.08. The Hall–Kier alpha value is -0.780. The summed E-state index contributed by atoms with van der Waals surface area (Å²) < 4.78 is 0. The molecule has 0 spiro atoms. The minimum Gasteiger partial charge on any atom is -0.0912 e. The Morgan fingerprint density at radius 2 is 2.00 bits per heavy atom. The van der Waals surface area contributed by atoms with Crippen LogP contribution in [0.2, 0.25) is 0 Å². The fourth-order valence-electron chi connectivity index (χ4n) is 0.611. The first kappa shape index (κ1) is 4.38. The zero-order valence-electron chi connectivity index (χ0n) is 4.49. The van der Waals surface area contributed by atoms with Gasteiger partial charge in [0.25, 0.3) is 0 Å². The van der Waals surface area contributed by atoms with Gasteiger partial charge in [-0.1, -0.05) is 19.2 Å². The lowest BCUT2D eigenvalue weighted by Crippen LogP contribution is -1.96. The van der Waals surface area contributed by atoms with Gasteiger partial charge in [0, 0.05) is 0 Å². The molecule has 0 heteroatoms. The van der Waals surface area contributed by atoms with E-state index in [1.165, 1.54) is 5.57 Å². The maximum atomic E-state index is 3.75. The number of hydrogen-bond acceptors (Lipinski definition) is 0. The number of allylic oxidation sites excluding steroid dienone is 4. The van der Waals surface area contributed by atoms with E-state index in [2.05, 4.69) is 13.2 Å². The molecular weight excluding hydrogens is 84.1 g/mol. The lowest BCUT2D eigenvalue weighted by molar-refractivity contribution is 1.30. The molecule has 0 aromatic rings. The fraction of sp³-hybridized carbons (Fsp3) is 0.143. The van der Waals surface area contributed by atoms with Crippen molar-refractivity contribution in [1.82, 2.24) is 0 Å². The molecule has 0 nitrogen and oxygen atoms in total. The number of hydrogen-bond donors (Lipinski definition) is 0. The minimum absolute atomic E-state index is 1.08. The predicted molar refractivity (Wildman–Crippen MR) is 32.0 cm³/mol. The molecule has 0 atom stereocenters. The highest BCUT2D eigenvalue weighted by molar-refractivity contribution is 5.59. The average molecular weight is 92.1 g/mol. The highest BCUT2D eigenvalue weighted by atomic mass is 14.1. The second kappa shape index (κ2) is 1.09.